The highest BCUT2D eigenvalue weighted by Gasteiger charge is 2.18. The van der Waals surface area contributed by atoms with Gasteiger partial charge in [0.15, 0.2) is 5.76 Å². The van der Waals surface area contributed by atoms with Crippen LogP contribution in [0, 0.1) is 37.8 Å². The fraction of sp³-hybridized carbons (Fsp3) is 0.231. The molecule has 0 radical (unpaired) electrons. The van der Waals surface area contributed by atoms with Gasteiger partial charge in [-0.2, -0.15) is 5.10 Å². The SMILES string of the molecule is Cc1ccccc1Cn1nc(C)c(NC(=O)c2ccc(COc3ccc([N+](=O)[O-])c(C)c3)o2)c1C. The van der Waals surface area contributed by atoms with Gasteiger partial charge in [0.05, 0.1) is 28.5 Å². The number of benzene rings is 2. The van der Waals surface area contributed by atoms with Crippen molar-refractivity contribution in [2.24, 2.45) is 0 Å². The second-order valence-corrected chi connectivity index (χ2v) is 8.34. The molecular weight excluding hydrogens is 448 g/mol. The lowest BCUT2D eigenvalue weighted by molar-refractivity contribution is -0.385. The van der Waals surface area contributed by atoms with Crippen LogP contribution in [-0.4, -0.2) is 20.6 Å². The molecule has 180 valence electrons. The molecule has 0 unspecified atom stereocenters. The number of nitro benzene ring substituents is 1. The molecule has 35 heavy (non-hydrogen) atoms. The molecule has 9 nitrogen and oxygen atoms in total. The van der Waals surface area contributed by atoms with Gasteiger partial charge < -0.3 is 14.5 Å². The molecule has 2 heterocycles. The van der Waals surface area contributed by atoms with Gasteiger partial charge in [0, 0.05) is 11.6 Å². The van der Waals surface area contributed by atoms with Crippen LogP contribution < -0.4 is 10.1 Å². The monoisotopic (exact) mass is 474 g/mol. The van der Waals surface area contributed by atoms with Gasteiger partial charge in [0.25, 0.3) is 11.6 Å². The molecule has 0 spiro atoms. The zero-order valence-corrected chi connectivity index (χ0v) is 20.0. The molecule has 0 aliphatic carbocycles. The maximum Gasteiger partial charge on any atom is 0.291 e. The second kappa shape index (κ2) is 9.84. The highest BCUT2D eigenvalue weighted by molar-refractivity contribution is 6.02. The number of anilines is 1. The first-order valence-electron chi connectivity index (χ1n) is 11.1. The Kier molecular flexibility index (Phi) is 6.68. The average Bonchev–Trinajstić information content (AvgIpc) is 3.39. The van der Waals surface area contributed by atoms with Gasteiger partial charge in [-0.3, -0.25) is 19.6 Å². The zero-order chi connectivity index (χ0) is 25.1. The number of carbonyl (C=O) groups excluding carboxylic acids is 1. The molecule has 2 aromatic carbocycles. The average molecular weight is 475 g/mol. The van der Waals surface area contributed by atoms with Crippen LogP contribution in [0.4, 0.5) is 11.4 Å². The van der Waals surface area contributed by atoms with Crippen molar-refractivity contribution >= 4 is 17.3 Å². The predicted octanol–water partition coefficient (Wildman–Crippen LogP) is 5.50. The second-order valence-electron chi connectivity index (χ2n) is 8.34. The van der Waals surface area contributed by atoms with E-state index in [0.717, 1.165) is 11.3 Å². The van der Waals surface area contributed by atoms with Crippen LogP contribution in [0.25, 0.3) is 0 Å². The number of hydrogen-bond acceptors (Lipinski definition) is 6. The van der Waals surface area contributed by atoms with E-state index < -0.39 is 4.92 Å². The fourth-order valence-electron chi connectivity index (χ4n) is 3.81. The number of aryl methyl sites for hydroxylation is 3. The van der Waals surface area contributed by atoms with E-state index in [0.29, 0.717) is 35.0 Å². The Labute approximate surface area is 202 Å². The third kappa shape index (κ3) is 5.24. The lowest BCUT2D eigenvalue weighted by atomic mass is 10.1. The summed E-state index contributed by atoms with van der Waals surface area (Å²) in [5, 5.41) is 18.5. The van der Waals surface area contributed by atoms with Crippen molar-refractivity contribution in [1.29, 1.82) is 0 Å². The lowest BCUT2D eigenvalue weighted by Gasteiger charge is -2.08. The number of aromatic nitrogens is 2. The Balaban J connectivity index is 1.41. The molecule has 0 saturated heterocycles. The van der Waals surface area contributed by atoms with Crippen LogP contribution in [0.1, 0.15) is 44.4 Å². The minimum Gasteiger partial charge on any atom is -0.486 e. The quantitative estimate of drug-likeness (QED) is 0.267. The van der Waals surface area contributed by atoms with E-state index in [1.807, 2.05) is 30.7 Å². The van der Waals surface area contributed by atoms with Gasteiger partial charge in [-0.05, 0) is 63.1 Å². The topological polar surface area (TPSA) is 112 Å². The molecule has 0 bridgehead atoms. The Hall–Kier alpha value is -4.40. The zero-order valence-electron chi connectivity index (χ0n) is 20.0. The van der Waals surface area contributed by atoms with E-state index in [9.17, 15) is 14.9 Å². The van der Waals surface area contributed by atoms with Gasteiger partial charge in [0.2, 0.25) is 0 Å². The number of hydrogen-bond donors (Lipinski definition) is 1. The molecule has 0 fully saturated rings. The van der Waals surface area contributed by atoms with Gasteiger partial charge in [-0.25, -0.2) is 0 Å². The molecule has 0 aliphatic rings. The third-order valence-corrected chi connectivity index (χ3v) is 5.83. The number of amides is 1. The molecule has 4 aromatic rings. The van der Waals surface area contributed by atoms with Gasteiger partial charge in [0.1, 0.15) is 18.1 Å². The van der Waals surface area contributed by atoms with E-state index in [4.69, 9.17) is 9.15 Å². The summed E-state index contributed by atoms with van der Waals surface area (Å²) in [4.78, 5) is 23.3. The molecular formula is C26H26N4O5. The predicted molar refractivity (Wildman–Crippen MR) is 131 cm³/mol. The van der Waals surface area contributed by atoms with E-state index >= 15 is 0 Å². The van der Waals surface area contributed by atoms with Crippen LogP contribution in [0.15, 0.2) is 59.0 Å². The molecule has 0 aliphatic heterocycles. The Morgan fingerprint density at radius 3 is 2.57 bits per heavy atom. The van der Waals surface area contributed by atoms with Crippen molar-refractivity contribution in [3.63, 3.8) is 0 Å². The fourth-order valence-corrected chi connectivity index (χ4v) is 3.81. The largest absolute Gasteiger partial charge is 0.486 e. The Morgan fingerprint density at radius 1 is 1.09 bits per heavy atom. The van der Waals surface area contributed by atoms with E-state index in [1.165, 1.54) is 17.7 Å². The summed E-state index contributed by atoms with van der Waals surface area (Å²) in [6.45, 7) is 8.17. The number of carbonyl (C=O) groups is 1. The number of rotatable bonds is 8. The third-order valence-electron chi connectivity index (χ3n) is 5.83. The standard InChI is InChI=1S/C26H26N4O5/c1-16-7-5-6-8-20(16)14-29-19(4)25(18(3)28-29)27-26(31)24-12-10-22(35-24)15-34-21-9-11-23(30(32)33)17(2)13-21/h5-13H,14-15H2,1-4H3,(H,27,31). The molecule has 4 rings (SSSR count). The lowest BCUT2D eigenvalue weighted by Crippen LogP contribution is -2.12. The van der Waals surface area contributed by atoms with Crippen LogP contribution in [0.3, 0.4) is 0 Å². The van der Waals surface area contributed by atoms with Crippen molar-refractivity contribution in [2.45, 2.75) is 40.8 Å². The first-order valence-corrected chi connectivity index (χ1v) is 11.1. The highest BCUT2D eigenvalue weighted by Crippen LogP contribution is 2.25. The van der Waals surface area contributed by atoms with E-state index in [1.54, 1.807) is 25.1 Å². The minimum absolute atomic E-state index is 0.0297. The number of ether oxygens (including phenoxy) is 1. The smallest absolute Gasteiger partial charge is 0.291 e. The molecule has 1 N–H and O–H groups in total. The normalized spacial score (nSPS) is 10.9. The summed E-state index contributed by atoms with van der Waals surface area (Å²) in [6, 6.07) is 15.9. The van der Waals surface area contributed by atoms with E-state index in [-0.39, 0.29) is 24.0 Å². The van der Waals surface area contributed by atoms with Gasteiger partial charge in [-0.1, -0.05) is 24.3 Å². The summed E-state index contributed by atoms with van der Waals surface area (Å²) >= 11 is 0. The van der Waals surface area contributed by atoms with Gasteiger partial charge in [-0.15, -0.1) is 0 Å². The molecule has 9 heteroatoms. The number of nitrogens with one attached hydrogen (secondary N) is 1. The Morgan fingerprint density at radius 2 is 1.86 bits per heavy atom. The van der Waals surface area contributed by atoms with Crippen LogP contribution in [-0.2, 0) is 13.2 Å². The first kappa shape index (κ1) is 23.7. The van der Waals surface area contributed by atoms with Crippen molar-refractivity contribution in [2.75, 3.05) is 5.32 Å². The maximum absolute atomic E-state index is 12.8. The summed E-state index contributed by atoms with van der Waals surface area (Å²) < 4.78 is 13.2. The number of nitrogens with zero attached hydrogens (tertiary/aromatic N) is 3. The maximum atomic E-state index is 12.8. The molecule has 2 aromatic heterocycles. The summed E-state index contributed by atoms with van der Waals surface area (Å²) in [7, 11) is 0. The highest BCUT2D eigenvalue weighted by atomic mass is 16.6. The Bertz CT molecular complexity index is 1400. The van der Waals surface area contributed by atoms with Crippen LogP contribution >= 0.6 is 0 Å². The van der Waals surface area contributed by atoms with E-state index in [2.05, 4.69) is 29.5 Å². The van der Waals surface area contributed by atoms with Crippen LogP contribution in [0.5, 0.6) is 5.75 Å². The van der Waals surface area contributed by atoms with Crippen LogP contribution in [0.2, 0.25) is 0 Å². The number of furan rings is 1. The van der Waals surface area contributed by atoms with Crippen molar-refractivity contribution in [3.8, 4) is 5.75 Å². The summed E-state index contributed by atoms with van der Waals surface area (Å²) in [6.07, 6.45) is 0. The summed E-state index contributed by atoms with van der Waals surface area (Å²) in [5.74, 6) is 0.690. The first-order chi connectivity index (χ1) is 16.7. The minimum atomic E-state index is -0.438. The molecule has 0 saturated carbocycles. The van der Waals surface area contributed by atoms with Crippen molar-refractivity contribution < 1.29 is 18.9 Å². The summed E-state index contributed by atoms with van der Waals surface area (Å²) in [5.41, 5.74) is 5.09. The van der Waals surface area contributed by atoms with Crippen molar-refractivity contribution in [3.05, 3.63) is 104 Å². The number of nitro groups is 1. The van der Waals surface area contributed by atoms with Crippen molar-refractivity contribution in [1.82, 2.24) is 9.78 Å². The van der Waals surface area contributed by atoms with Gasteiger partial charge >= 0.3 is 0 Å². The molecule has 0 atom stereocenters. The molecule has 1 amide bonds.